The average Bonchev–Trinajstić information content (AvgIpc) is 1.54. The van der Waals surface area contributed by atoms with Gasteiger partial charge in [-0.05, 0) is 112 Å². The number of aliphatic hydroxyl groups is 2. The fraction of sp³-hybridized carbons (Fsp3) is 0.707. The maximum absolute atomic E-state index is 14.7. The minimum Gasteiger partial charge on any atom is -0.480 e. The van der Waals surface area contributed by atoms with Crippen molar-refractivity contribution < 1.29 is 82.4 Å². The molecule has 0 saturated carbocycles. The number of amides is 13. The summed E-state index contributed by atoms with van der Waals surface area (Å²) < 4.78 is 0. The van der Waals surface area contributed by atoms with Crippen LogP contribution in [-0.4, -0.2) is 201 Å². The number of likely N-dealkylation sites (tertiary alicyclic amines) is 1. The number of aliphatic carboxylic acids is 1. The molecule has 0 aliphatic carbocycles. The first-order valence-corrected chi connectivity index (χ1v) is 37.5. The topological polar surface area (TPSA) is 473 Å². The Kier molecular flexibility index (Phi) is 40.4. The van der Waals surface area contributed by atoms with Gasteiger partial charge in [0.2, 0.25) is 70.9 Å². The number of hydrogen-bond donors (Lipinski definition) is 16. The van der Waals surface area contributed by atoms with Gasteiger partial charge in [0.05, 0.1) is 12.2 Å². The molecule has 0 radical (unpaired) electrons. The number of carbonyl (C=O) groups excluding carboxylic acids is 13. The molecule has 31 heteroatoms. The first-order valence-electron chi connectivity index (χ1n) is 37.5. The molecule has 13 amide bonds. The van der Waals surface area contributed by atoms with E-state index in [1.165, 1.54) is 31.7 Å². The lowest BCUT2D eigenvalue weighted by atomic mass is 9.95. The zero-order chi connectivity index (χ0) is 80.7. The van der Waals surface area contributed by atoms with Gasteiger partial charge in [-0.1, -0.05) is 166 Å². The van der Waals surface area contributed by atoms with Crippen molar-refractivity contribution in [3.63, 3.8) is 0 Å². The second-order valence-electron chi connectivity index (χ2n) is 30.1. The molecule has 9 unspecified atom stereocenters. The standard InChI is InChI=1S/C75H126N14O17/c1-20-44(16)59(71(101)88-62(47(19)91)73(103)86-60(45(17)21-2)70(100)81-55(40(8)9)67(97)79-51(37-48-30-24-23-25-31-48)65(95)77-49(22-3)63(93)84-58(43(14)15)75(105)106)85-64(94)50(32-27-35-76)78-66(96)52-33-28-36-89(52)74(104)57(42(12)13)83-69(99)56(41(10)11)82-72(102)61(46(18)90)87-68(98)54(39(6)7)80-53(92)34-26-29-38(4)5/h22-25,30-31,38-47,50-52,54-62,90-91H,20-21,26-29,32-37,76H2,1-19H3,(H,77,95)(H,78,96)(H,79,97)(H,80,92)(H,81,100)(H,82,102)(H,83,99)(H,84,93)(H,85,94)(H,86,103)(H,87,98)(H,88,101)(H,105,106)/b49-22-/t44-,45-,46?,47?,50-,51-,52+,54?,55?,56?,57?,58?,59+,60+,61?,62?/m0/s1. The number of benzene rings is 1. The predicted octanol–water partition coefficient (Wildman–Crippen LogP) is 1.36. The highest BCUT2D eigenvalue weighted by Gasteiger charge is 2.44. The van der Waals surface area contributed by atoms with Crippen molar-refractivity contribution in [2.24, 2.45) is 53.1 Å². The number of hydrogen-bond acceptors (Lipinski definition) is 17. The van der Waals surface area contributed by atoms with E-state index in [1.807, 2.05) is 13.8 Å². The van der Waals surface area contributed by atoms with Crippen LogP contribution in [0.15, 0.2) is 42.1 Å². The molecular weight excluding hydrogens is 1370 g/mol. The summed E-state index contributed by atoms with van der Waals surface area (Å²) >= 11 is 0. The smallest absolute Gasteiger partial charge is 0.326 e. The van der Waals surface area contributed by atoms with Gasteiger partial charge in [-0.25, -0.2) is 4.79 Å². The Morgan fingerprint density at radius 2 is 0.896 bits per heavy atom. The number of carbonyl (C=O) groups is 14. The summed E-state index contributed by atoms with van der Waals surface area (Å²) in [6.07, 6.45) is 1.01. The minimum atomic E-state index is -1.74. The number of nitrogens with two attached hydrogens (primary N) is 1. The third-order valence-corrected chi connectivity index (χ3v) is 19.0. The van der Waals surface area contributed by atoms with Crippen LogP contribution in [0.4, 0.5) is 0 Å². The van der Waals surface area contributed by atoms with Crippen molar-refractivity contribution in [3.05, 3.63) is 47.7 Å². The van der Waals surface area contributed by atoms with E-state index in [0.717, 1.165) is 6.42 Å². The van der Waals surface area contributed by atoms with E-state index in [1.54, 1.807) is 127 Å². The molecule has 1 heterocycles. The van der Waals surface area contributed by atoms with Gasteiger partial charge in [0.25, 0.3) is 5.91 Å². The molecule has 0 spiro atoms. The van der Waals surface area contributed by atoms with Gasteiger partial charge in [0, 0.05) is 19.4 Å². The van der Waals surface area contributed by atoms with Crippen LogP contribution in [0.1, 0.15) is 195 Å². The van der Waals surface area contributed by atoms with E-state index in [0.29, 0.717) is 37.2 Å². The first-order chi connectivity index (χ1) is 49.6. The van der Waals surface area contributed by atoms with Crippen LogP contribution in [0, 0.1) is 47.3 Å². The highest BCUT2D eigenvalue weighted by molar-refractivity contribution is 6.02. The van der Waals surface area contributed by atoms with Gasteiger partial charge in [-0.2, -0.15) is 0 Å². The summed E-state index contributed by atoms with van der Waals surface area (Å²) in [5, 5.41) is 63.3. The second kappa shape index (κ2) is 45.8. The second-order valence-corrected chi connectivity index (χ2v) is 30.1. The number of carboxylic acid groups (broad SMARTS) is 1. The number of aliphatic hydroxyl groups excluding tert-OH is 2. The molecule has 0 bridgehead atoms. The summed E-state index contributed by atoms with van der Waals surface area (Å²) in [6, 6.07) is -7.57. The van der Waals surface area contributed by atoms with Crippen LogP contribution in [0.5, 0.6) is 0 Å². The monoisotopic (exact) mass is 1490 g/mol. The number of nitrogens with one attached hydrogen (secondary N) is 12. The molecule has 31 nitrogen and oxygen atoms in total. The van der Waals surface area contributed by atoms with Gasteiger partial charge < -0.3 is 89.8 Å². The zero-order valence-corrected chi connectivity index (χ0v) is 65.7. The molecule has 1 aliphatic heterocycles. The fourth-order valence-electron chi connectivity index (χ4n) is 11.8. The molecule has 1 aromatic rings. The van der Waals surface area contributed by atoms with E-state index < -0.39 is 203 Å². The lowest BCUT2D eigenvalue weighted by molar-refractivity contribution is -0.144. The van der Waals surface area contributed by atoms with Gasteiger partial charge in [-0.3, -0.25) is 62.3 Å². The maximum atomic E-state index is 14.7. The van der Waals surface area contributed by atoms with Gasteiger partial charge in [-0.15, -0.1) is 0 Å². The molecular formula is C75H126N14O17. The maximum Gasteiger partial charge on any atom is 0.326 e. The number of rotatable bonds is 45. The summed E-state index contributed by atoms with van der Waals surface area (Å²) in [6.45, 7) is 31.5. The van der Waals surface area contributed by atoms with Crippen molar-refractivity contribution in [3.8, 4) is 0 Å². The molecule has 16 atom stereocenters. The zero-order valence-electron chi connectivity index (χ0n) is 65.7. The molecule has 1 fully saturated rings. The first kappa shape index (κ1) is 93.5. The van der Waals surface area contributed by atoms with Gasteiger partial charge >= 0.3 is 5.97 Å². The third kappa shape index (κ3) is 29.6. The van der Waals surface area contributed by atoms with Crippen LogP contribution in [0.2, 0.25) is 0 Å². The van der Waals surface area contributed by atoms with E-state index >= 15 is 0 Å². The van der Waals surface area contributed by atoms with Crippen molar-refractivity contribution in [2.75, 3.05) is 13.1 Å². The van der Waals surface area contributed by atoms with Crippen molar-refractivity contribution in [2.45, 2.75) is 280 Å². The Labute approximate surface area is 625 Å². The summed E-state index contributed by atoms with van der Waals surface area (Å²) in [5.74, 6) is -15.2. The molecule has 1 aliphatic rings. The highest BCUT2D eigenvalue weighted by atomic mass is 16.4. The van der Waals surface area contributed by atoms with Crippen LogP contribution >= 0.6 is 0 Å². The van der Waals surface area contributed by atoms with Crippen LogP contribution in [-0.2, 0) is 73.5 Å². The summed E-state index contributed by atoms with van der Waals surface area (Å²) in [5.41, 5.74) is 6.24. The Bertz CT molecular complexity index is 3140. The molecule has 2 rings (SSSR count). The molecule has 598 valence electrons. The van der Waals surface area contributed by atoms with Crippen molar-refractivity contribution in [1.29, 1.82) is 0 Å². The Morgan fingerprint density at radius 3 is 1.32 bits per heavy atom. The summed E-state index contributed by atoms with van der Waals surface area (Å²) in [7, 11) is 0. The van der Waals surface area contributed by atoms with Crippen LogP contribution < -0.4 is 69.5 Å². The van der Waals surface area contributed by atoms with Crippen molar-refractivity contribution in [1.82, 2.24) is 68.7 Å². The molecule has 17 N–H and O–H groups in total. The Balaban J connectivity index is 2.39. The predicted molar refractivity (Wildman–Crippen MR) is 399 cm³/mol. The van der Waals surface area contributed by atoms with E-state index in [9.17, 15) is 82.4 Å². The average molecular weight is 1500 g/mol. The van der Waals surface area contributed by atoms with Crippen LogP contribution in [0.3, 0.4) is 0 Å². The van der Waals surface area contributed by atoms with E-state index in [4.69, 9.17) is 5.73 Å². The fourth-order valence-corrected chi connectivity index (χ4v) is 11.8. The van der Waals surface area contributed by atoms with Gasteiger partial charge in [0.15, 0.2) is 0 Å². The minimum absolute atomic E-state index is 0.0294. The lowest BCUT2D eigenvalue weighted by Crippen LogP contribution is -2.63. The number of nitrogens with zero attached hydrogens (tertiary/aromatic N) is 1. The largest absolute Gasteiger partial charge is 0.480 e. The number of carboxylic acids is 1. The van der Waals surface area contributed by atoms with E-state index in [2.05, 4.69) is 63.8 Å². The Morgan fingerprint density at radius 1 is 0.481 bits per heavy atom. The third-order valence-electron chi connectivity index (χ3n) is 19.0. The molecule has 1 aromatic carbocycles. The SMILES string of the molecule is C/C=C(\NC(=O)[C@H](Cc1ccccc1)NC(=O)C(NC(=O)[C@H](NC(=O)C(NC(=O)[C@H](NC(=O)[C@H](CCCN)NC(=O)[C@H]1CCCN1C(=O)C(NC(=O)C(NC(=O)C(NC(=O)C(NC(=O)CCCC(C)C)C(C)C)C(C)O)C(C)C)C(C)C)[C@@H](C)CC)C(C)O)[C@@H](C)CC)C(C)C)C(=O)NC(C(=O)O)C(C)C. The van der Waals surface area contributed by atoms with E-state index in [-0.39, 0.29) is 56.8 Å². The summed E-state index contributed by atoms with van der Waals surface area (Å²) in [4.78, 5) is 197. The lowest BCUT2D eigenvalue weighted by Gasteiger charge is -2.33. The molecule has 1 saturated heterocycles. The normalized spacial score (nSPS) is 17.5. The number of allylic oxidation sites excluding steroid dienone is 1. The van der Waals surface area contributed by atoms with Crippen LogP contribution in [0.25, 0.3) is 0 Å². The molecule has 106 heavy (non-hydrogen) atoms. The quantitative estimate of drug-likeness (QED) is 0.0410. The highest BCUT2D eigenvalue weighted by Crippen LogP contribution is 2.23. The van der Waals surface area contributed by atoms with Crippen molar-refractivity contribution >= 4 is 82.8 Å². The van der Waals surface area contributed by atoms with Gasteiger partial charge in [0.1, 0.15) is 78.2 Å². The Hall–Kier alpha value is -8.58. The molecule has 0 aromatic heterocycles.